The number of nitrogens with one attached hydrogen (secondary N) is 1. The lowest BCUT2D eigenvalue weighted by molar-refractivity contribution is 0.0955. The van der Waals surface area contributed by atoms with E-state index in [2.05, 4.69) is 32.1 Å². The molecule has 0 spiro atoms. The lowest BCUT2D eigenvalue weighted by Crippen LogP contribution is -2.17. The number of carbonyl (C=O) groups is 1. The van der Waals surface area contributed by atoms with E-state index >= 15 is 0 Å². The predicted molar refractivity (Wildman–Crippen MR) is 90.1 cm³/mol. The average molecular weight is 320 g/mol. The van der Waals surface area contributed by atoms with Crippen LogP contribution in [-0.2, 0) is 0 Å². The molecule has 0 aliphatic rings. The van der Waals surface area contributed by atoms with Crippen LogP contribution < -0.4 is 5.43 Å². The van der Waals surface area contributed by atoms with Crippen LogP contribution in [0, 0.1) is 13.8 Å². The molecular weight excluding hydrogens is 304 g/mol. The minimum absolute atomic E-state index is 0.278. The maximum absolute atomic E-state index is 12.1. The maximum Gasteiger partial charge on any atom is 0.271 e. The monoisotopic (exact) mass is 320 g/mol. The van der Waals surface area contributed by atoms with Gasteiger partial charge in [0, 0.05) is 5.56 Å². The fourth-order valence-corrected chi connectivity index (χ4v) is 2.24. The van der Waals surface area contributed by atoms with E-state index in [1.54, 1.807) is 30.5 Å². The van der Waals surface area contributed by atoms with Crippen LogP contribution in [-0.4, -0.2) is 32.3 Å². The molecule has 1 heterocycles. The number of hydrogen-bond acceptors (Lipinski definition) is 5. The Hall–Kier alpha value is -3.35. The van der Waals surface area contributed by atoms with Crippen molar-refractivity contribution in [3.63, 3.8) is 0 Å². The average Bonchev–Trinajstić information content (AvgIpc) is 3.11. The quantitative estimate of drug-likeness (QED) is 0.589. The summed E-state index contributed by atoms with van der Waals surface area (Å²) in [4.78, 5) is 12.1. The summed E-state index contributed by atoms with van der Waals surface area (Å²) in [7, 11) is 0. The van der Waals surface area contributed by atoms with Crippen molar-refractivity contribution >= 4 is 12.1 Å². The first-order valence-electron chi connectivity index (χ1n) is 7.37. The molecule has 1 N–H and O–H groups in total. The highest BCUT2D eigenvalue weighted by molar-refractivity contribution is 5.95. The molecule has 0 bridgehead atoms. The number of hydrogen-bond donors (Lipinski definition) is 1. The van der Waals surface area contributed by atoms with Crippen LogP contribution in [0.3, 0.4) is 0 Å². The number of rotatable bonds is 4. The largest absolute Gasteiger partial charge is 0.271 e. The number of amides is 1. The van der Waals surface area contributed by atoms with Gasteiger partial charge in [0.05, 0.1) is 11.9 Å². The third-order valence-electron chi connectivity index (χ3n) is 3.54. The Bertz CT molecular complexity index is 869. The first kappa shape index (κ1) is 15.5. The Morgan fingerprint density at radius 3 is 2.62 bits per heavy atom. The molecule has 3 aromatic rings. The standard InChI is InChI=1S/C17H16N6O/c1-12-3-4-15(13(2)9-12)10-18-20-17(24)14-5-7-16(8-6-14)23-11-19-21-22-23/h3-11H,1-2H3,(H,20,24)/b18-10+. The number of nitrogens with zero attached hydrogens (tertiary/aromatic N) is 5. The van der Waals surface area contributed by atoms with E-state index in [1.165, 1.54) is 16.6 Å². The van der Waals surface area contributed by atoms with E-state index in [1.807, 2.05) is 26.0 Å². The molecule has 2 aromatic carbocycles. The fraction of sp³-hybridized carbons (Fsp3) is 0.118. The third-order valence-corrected chi connectivity index (χ3v) is 3.54. The molecule has 24 heavy (non-hydrogen) atoms. The van der Waals surface area contributed by atoms with Gasteiger partial charge in [-0.3, -0.25) is 4.79 Å². The molecule has 0 atom stereocenters. The molecule has 120 valence electrons. The summed E-state index contributed by atoms with van der Waals surface area (Å²) in [6.45, 7) is 4.04. The van der Waals surface area contributed by atoms with Crippen molar-refractivity contribution in [3.05, 3.63) is 71.0 Å². The van der Waals surface area contributed by atoms with Gasteiger partial charge in [-0.1, -0.05) is 23.8 Å². The minimum atomic E-state index is -0.278. The highest BCUT2D eigenvalue weighted by Crippen LogP contribution is 2.09. The Labute approximate surface area is 139 Å². The van der Waals surface area contributed by atoms with Crippen molar-refractivity contribution in [3.8, 4) is 5.69 Å². The summed E-state index contributed by atoms with van der Waals surface area (Å²) in [5, 5.41) is 15.0. The Kier molecular flexibility index (Phi) is 4.42. The second kappa shape index (κ2) is 6.82. The first-order chi connectivity index (χ1) is 11.6. The molecule has 0 aliphatic heterocycles. The van der Waals surface area contributed by atoms with E-state index < -0.39 is 0 Å². The molecule has 0 fully saturated rings. The second-order valence-corrected chi connectivity index (χ2v) is 5.36. The lowest BCUT2D eigenvalue weighted by Gasteiger charge is -2.03. The fourth-order valence-electron chi connectivity index (χ4n) is 2.24. The van der Waals surface area contributed by atoms with Gasteiger partial charge < -0.3 is 0 Å². The first-order valence-corrected chi connectivity index (χ1v) is 7.37. The summed E-state index contributed by atoms with van der Waals surface area (Å²) in [5.74, 6) is -0.278. The van der Waals surface area contributed by atoms with Gasteiger partial charge >= 0.3 is 0 Å². The van der Waals surface area contributed by atoms with Crippen LogP contribution in [0.5, 0.6) is 0 Å². The zero-order chi connectivity index (χ0) is 16.9. The summed E-state index contributed by atoms with van der Waals surface area (Å²) < 4.78 is 1.51. The lowest BCUT2D eigenvalue weighted by atomic mass is 10.1. The van der Waals surface area contributed by atoms with E-state index in [0.29, 0.717) is 5.56 Å². The Balaban J connectivity index is 1.65. The van der Waals surface area contributed by atoms with Crippen molar-refractivity contribution in [1.29, 1.82) is 0 Å². The highest BCUT2D eigenvalue weighted by atomic mass is 16.2. The summed E-state index contributed by atoms with van der Waals surface area (Å²) in [5.41, 5.74) is 7.07. The van der Waals surface area contributed by atoms with Crippen LogP contribution in [0.4, 0.5) is 0 Å². The zero-order valence-corrected chi connectivity index (χ0v) is 13.3. The molecule has 7 heteroatoms. The zero-order valence-electron chi connectivity index (χ0n) is 13.3. The Morgan fingerprint density at radius 2 is 1.96 bits per heavy atom. The van der Waals surface area contributed by atoms with E-state index in [4.69, 9.17) is 0 Å². The van der Waals surface area contributed by atoms with Gasteiger partial charge in [0.2, 0.25) is 0 Å². The summed E-state index contributed by atoms with van der Waals surface area (Å²) in [6.07, 6.45) is 3.13. The van der Waals surface area contributed by atoms with Gasteiger partial charge in [-0.2, -0.15) is 5.10 Å². The molecule has 1 aromatic heterocycles. The molecule has 0 saturated carbocycles. The minimum Gasteiger partial charge on any atom is -0.267 e. The van der Waals surface area contributed by atoms with Gasteiger partial charge in [0.1, 0.15) is 6.33 Å². The molecule has 7 nitrogen and oxygen atoms in total. The highest BCUT2D eigenvalue weighted by Gasteiger charge is 2.05. The SMILES string of the molecule is Cc1ccc(/C=N/NC(=O)c2ccc(-n3cnnn3)cc2)c(C)c1. The number of tetrazole rings is 1. The van der Waals surface area contributed by atoms with Crippen molar-refractivity contribution in [2.75, 3.05) is 0 Å². The number of carbonyl (C=O) groups excluding carboxylic acids is 1. The second-order valence-electron chi connectivity index (χ2n) is 5.36. The van der Waals surface area contributed by atoms with Gasteiger partial charge in [0.15, 0.2) is 0 Å². The summed E-state index contributed by atoms with van der Waals surface area (Å²) >= 11 is 0. The van der Waals surface area contributed by atoms with Gasteiger partial charge in [0.25, 0.3) is 5.91 Å². The van der Waals surface area contributed by atoms with E-state index in [-0.39, 0.29) is 5.91 Å². The van der Waals surface area contributed by atoms with Crippen molar-refractivity contribution in [2.24, 2.45) is 5.10 Å². The smallest absolute Gasteiger partial charge is 0.267 e. The van der Waals surface area contributed by atoms with E-state index in [0.717, 1.165) is 16.8 Å². The van der Waals surface area contributed by atoms with Crippen LogP contribution >= 0.6 is 0 Å². The molecule has 0 unspecified atom stereocenters. The molecular formula is C17H16N6O. The number of aromatic nitrogens is 4. The van der Waals surface area contributed by atoms with Crippen LogP contribution in [0.25, 0.3) is 5.69 Å². The van der Waals surface area contributed by atoms with E-state index in [9.17, 15) is 4.79 Å². The normalized spacial score (nSPS) is 10.9. The van der Waals surface area contributed by atoms with Gasteiger partial charge in [-0.15, -0.1) is 5.10 Å². The van der Waals surface area contributed by atoms with Crippen molar-refractivity contribution < 1.29 is 4.79 Å². The molecule has 1 amide bonds. The Morgan fingerprint density at radius 1 is 1.17 bits per heavy atom. The van der Waals surface area contributed by atoms with Crippen molar-refractivity contribution in [2.45, 2.75) is 13.8 Å². The molecule has 3 rings (SSSR count). The van der Waals surface area contributed by atoms with Crippen LogP contribution in [0.15, 0.2) is 53.9 Å². The van der Waals surface area contributed by atoms with Crippen molar-refractivity contribution in [1.82, 2.24) is 25.6 Å². The maximum atomic E-state index is 12.1. The van der Waals surface area contributed by atoms with Gasteiger partial charge in [-0.25, -0.2) is 10.1 Å². The van der Waals surface area contributed by atoms with Crippen LogP contribution in [0.1, 0.15) is 27.0 Å². The topological polar surface area (TPSA) is 85.1 Å². The molecule has 0 aliphatic carbocycles. The number of aryl methyl sites for hydroxylation is 2. The number of hydrazone groups is 1. The summed E-state index contributed by atoms with van der Waals surface area (Å²) in [6, 6.07) is 13.0. The number of benzene rings is 2. The predicted octanol–water partition coefficient (Wildman–Crippen LogP) is 2.04. The molecule has 0 radical (unpaired) electrons. The van der Waals surface area contributed by atoms with Crippen LogP contribution in [0.2, 0.25) is 0 Å². The van der Waals surface area contributed by atoms with Gasteiger partial charge in [-0.05, 0) is 59.7 Å². The molecule has 0 saturated heterocycles. The third kappa shape index (κ3) is 3.52.